The third-order valence-electron chi connectivity index (χ3n) is 3.87. The molecule has 1 fully saturated rings. The molecule has 3 rings (SSSR count). The van der Waals surface area contributed by atoms with Gasteiger partial charge in [0.2, 0.25) is 0 Å². The van der Waals surface area contributed by atoms with Gasteiger partial charge in [0, 0.05) is 12.1 Å². The molecule has 2 unspecified atom stereocenters. The number of fused-ring (bicyclic) bond motifs is 3. The zero-order valence-corrected chi connectivity index (χ0v) is 11.7. The van der Waals surface area contributed by atoms with E-state index in [4.69, 9.17) is 15.5 Å². The molecule has 17 heavy (non-hydrogen) atoms. The summed E-state index contributed by atoms with van der Waals surface area (Å²) in [6.45, 7) is 3.79. The Morgan fingerprint density at radius 3 is 3.12 bits per heavy atom. The van der Waals surface area contributed by atoms with Crippen molar-refractivity contribution >= 4 is 18.9 Å². The Kier molecular flexibility index (Phi) is 2.67. The van der Waals surface area contributed by atoms with Gasteiger partial charge in [0.25, 0.3) is 0 Å². The zero-order valence-electron chi connectivity index (χ0n) is 9.90. The number of benzene rings is 1. The molecule has 1 aliphatic carbocycles. The quantitative estimate of drug-likeness (QED) is 0.463. The number of halogens is 1. The van der Waals surface area contributed by atoms with Crippen molar-refractivity contribution in [2.75, 3.05) is 7.05 Å². The standard InChI is InChI=1S/C13H16ClNOSi/c1-3-8-17(14)15(2)12-9-10-6-4-5-7-11(10)13(12)16-17/h3-7,12-13H,1,8-9H2,2H3/t12?,13-,17?/m1/s1. The molecule has 0 amide bonds. The van der Waals surface area contributed by atoms with Gasteiger partial charge in [-0.25, -0.2) is 0 Å². The molecule has 1 aliphatic heterocycles. The van der Waals surface area contributed by atoms with Crippen molar-refractivity contribution < 1.29 is 4.43 Å². The highest BCUT2D eigenvalue weighted by molar-refractivity contribution is 7.15. The van der Waals surface area contributed by atoms with E-state index in [0.717, 1.165) is 12.5 Å². The van der Waals surface area contributed by atoms with Gasteiger partial charge in [-0.2, -0.15) is 0 Å². The zero-order chi connectivity index (χ0) is 12.0. The molecule has 2 aliphatic rings. The largest absolute Gasteiger partial charge is 0.383 e. The van der Waals surface area contributed by atoms with E-state index in [9.17, 15) is 0 Å². The van der Waals surface area contributed by atoms with Crippen molar-refractivity contribution in [1.82, 2.24) is 4.57 Å². The fourth-order valence-electron chi connectivity index (χ4n) is 2.91. The van der Waals surface area contributed by atoms with E-state index in [1.165, 1.54) is 11.1 Å². The smallest absolute Gasteiger partial charge is 0.377 e. The summed E-state index contributed by atoms with van der Waals surface area (Å²) in [5.74, 6) is 0. The van der Waals surface area contributed by atoms with Gasteiger partial charge in [-0.1, -0.05) is 30.3 Å². The third-order valence-corrected chi connectivity index (χ3v) is 8.19. The van der Waals surface area contributed by atoms with Crippen LogP contribution in [0.4, 0.5) is 0 Å². The van der Waals surface area contributed by atoms with Crippen LogP contribution in [0.5, 0.6) is 0 Å². The van der Waals surface area contributed by atoms with Gasteiger partial charge < -0.3 is 4.43 Å². The topological polar surface area (TPSA) is 12.5 Å². The lowest BCUT2D eigenvalue weighted by molar-refractivity contribution is 0.214. The molecule has 1 aromatic carbocycles. The molecule has 1 saturated heterocycles. The number of likely N-dealkylation sites (N-methyl/N-ethyl adjacent to an activating group) is 1. The molecule has 0 N–H and O–H groups in total. The minimum Gasteiger partial charge on any atom is -0.383 e. The Labute approximate surface area is 108 Å². The van der Waals surface area contributed by atoms with Crippen LogP contribution in [0, 0.1) is 0 Å². The van der Waals surface area contributed by atoms with Crippen LogP contribution in [-0.4, -0.2) is 25.4 Å². The van der Waals surface area contributed by atoms with Crippen molar-refractivity contribution in [3.8, 4) is 0 Å². The first-order valence-electron chi connectivity index (χ1n) is 5.94. The number of rotatable bonds is 2. The van der Waals surface area contributed by atoms with Crippen molar-refractivity contribution in [1.29, 1.82) is 0 Å². The van der Waals surface area contributed by atoms with Crippen LogP contribution >= 0.6 is 11.1 Å². The van der Waals surface area contributed by atoms with E-state index in [1.54, 1.807) is 0 Å². The number of hydrogen-bond acceptors (Lipinski definition) is 2. The molecule has 4 heteroatoms. The van der Waals surface area contributed by atoms with E-state index in [0.29, 0.717) is 6.04 Å². The molecule has 0 saturated carbocycles. The first-order valence-corrected chi connectivity index (χ1v) is 9.01. The summed E-state index contributed by atoms with van der Waals surface area (Å²) in [5, 5.41) is 0. The molecule has 1 aromatic rings. The average molecular weight is 266 g/mol. The lowest BCUT2D eigenvalue weighted by atomic mass is 10.1. The van der Waals surface area contributed by atoms with Crippen LogP contribution in [-0.2, 0) is 10.8 Å². The van der Waals surface area contributed by atoms with Crippen LogP contribution in [0.1, 0.15) is 17.2 Å². The second-order valence-electron chi connectivity index (χ2n) is 4.80. The summed E-state index contributed by atoms with van der Waals surface area (Å²) in [7, 11) is -0.170. The van der Waals surface area contributed by atoms with E-state index >= 15 is 0 Å². The highest BCUT2D eigenvalue weighted by Gasteiger charge is 2.55. The molecule has 0 spiro atoms. The molecular formula is C13H16ClNOSi. The average Bonchev–Trinajstić information content (AvgIpc) is 2.77. The summed E-state index contributed by atoms with van der Waals surface area (Å²) in [6.07, 6.45) is 3.10. The van der Waals surface area contributed by atoms with Crippen molar-refractivity contribution in [2.24, 2.45) is 0 Å². The van der Waals surface area contributed by atoms with Crippen LogP contribution in [0.3, 0.4) is 0 Å². The maximum absolute atomic E-state index is 6.66. The van der Waals surface area contributed by atoms with Crippen LogP contribution in [0.2, 0.25) is 6.04 Å². The molecule has 0 radical (unpaired) electrons. The van der Waals surface area contributed by atoms with Gasteiger partial charge in [0.05, 0.1) is 6.10 Å². The van der Waals surface area contributed by atoms with E-state index in [2.05, 4.69) is 42.5 Å². The first kappa shape index (κ1) is 11.5. The van der Waals surface area contributed by atoms with E-state index in [-0.39, 0.29) is 6.10 Å². The van der Waals surface area contributed by atoms with Crippen molar-refractivity contribution in [2.45, 2.75) is 24.6 Å². The summed E-state index contributed by atoms with van der Waals surface area (Å²) in [5.41, 5.74) is 2.73. The van der Waals surface area contributed by atoms with Crippen LogP contribution in [0.25, 0.3) is 0 Å². The Hall–Kier alpha value is -0.613. The van der Waals surface area contributed by atoms with Crippen molar-refractivity contribution in [3.05, 3.63) is 48.0 Å². The van der Waals surface area contributed by atoms with Crippen molar-refractivity contribution in [3.63, 3.8) is 0 Å². The predicted molar refractivity (Wildman–Crippen MR) is 72.1 cm³/mol. The highest BCUT2D eigenvalue weighted by Crippen LogP contribution is 2.47. The Balaban J connectivity index is 1.95. The number of allylic oxidation sites excluding steroid dienone is 1. The lowest BCUT2D eigenvalue weighted by Gasteiger charge is -2.26. The SMILES string of the molecule is C=CC[Si]1(Cl)O[C@@H]2c3ccccc3CC2N1C. The molecular weight excluding hydrogens is 250 g/mol. The van der Waals surface area contributed by atoms with Gasteiger partial charge in [0.1, 0.15) is 0 Å². The lowest BCUT2D eigenvalue weighted by Crippen LogP contribution is -2.46. The van der Waals surface area contributed by atoms with Gasteiger partial charge in [-0.3, -0.25) is 4.57 Å². The maximum Gasteiger partial charge on any atom is 0.377 e. The highest BCUT2D eigenvalue weighted by atomic mass is 35.6. The Bertz CT molecular complexity index is 466. The molecule has 1 heterocycles. The summed E-state index contributed by atoms with van der Waals surface area (Å²) >= 11 is 6.66. The summed E-state index contributed by atoms with van der Waals surface area (Å²) in [4.78, 5) is 0. The molecule has 3 atom stereocenters. The molecule has 90 valence electrons. The van der Waals surface area contributed by atoms with E-state index < -0.39 is 7.79 Å². The normalized spacial score (nSPS) is 35.6. The summed E-state index contributed by atoms with van der Waals surface area (Å²) < 4.78 is 8.49. The Morgan fingerprint density at radius 2 is 2.35 bits per heavy atom. The summed E-state index contributed by atoms with van der Waals surface area (Å²) in [6, 6.07) is 9.72. The Morgan fingerprint density at radius 1 is 1.59 bits per heavy atom. The van der Waals surface area contributed by atoms with E-state index in [1.807, 2.05) is 6.08 Å². The minimum atomic E-state index is -2.27. The van der Waals surface area contributed by atoms with Gasteiger partial charge >= 0.3 is 7.79 Å². The molecule has 2 nitrogen and oxygen atoms in total. The van der Waals surface area contributed by atoms with Gasteiger partial charge in [0.15, 0.2) is 0 Å². The predicted octanol–water partition coefficient (Wildman–Crippen LogP) is 2.98. The molecule has 0 aromatic heterocycles. The monoisotopic (exact) mass is 265 g/mol. The van der Waals surface area contributed by atoms with Crippen LogP contribution < -0.4 is 0 Å². The molecule has 0 bridgehead atoms. The van der Waals surface area contributed by atoms with Crippen LogP contribution in [0.15, 0.2) is 36.9 Å². The fraction of sp³-hybridized carbons (Fsp3) is 0.385. The second kappa shape index (κ2) is 3.95. The van der Waals surface area contributed by atoms with Gasteiger partial charge in [-0.05, 0) is 24.6 Å². The minimum absolute atomic E-state index is 0.167. The van der Waals surface area contributed by atoms with Gasteiger partial charge in [-0.15, -0.1) is 17.7 Å². The third kappa shape index (κ3) is 1.61. The first-order chi connectivity index (χ1) is 8.15. The maximum atomic E-state index is 6.66. The fourth-order valence-corrected chi connectivity index (χ4v) is 6.21. The number of hydrogen-bond donors (Lipinski definition) is 0. The number of nitrogens with zero attached hydrogens (tertiary/aromatic N) is 1. The second-order valence-corrected chi connectivity index (χ2v) is 9.30.